The third kappa shape index (κ3) is 6.04. The highest BCUT2D eigenvalue weighted by Crippen LogP contribution is 2.35. The van der Waals surface area contributed by atoms with Gasteiger partial charge in [-0.2, -0.15) is 0 Å². The van der Waals surface area contributed by atoms with Gasteiger partial charge in [-0.25, -0.2) is 13.1 Å². The molecule has 1 rings (SSSR count). The number of hydrogen-bond acceptors (Lipinski definition) is 4. The average Bonchev–Trinajstić information content (AvgIpc) is 2.51. The van der Waals surface area contributed by atoms with Gasteiger partial charge in [0.2, 0.25) is 10.0 Å². The van der Waals surface area contributed by atoms with Crippen LogP contribution in [0.25, 0.3) is 0 Å². The molecular weight excluding hydrogens is 362 g/mol. The van der Waals surface area contributed by atoms with Gasteiger partial charge in [-0.15, -0.1) is 0 Å². The van der Waals surface area contributed by atoms with Gasteiger partial charge >= 0.3 is 0 Å². The largest absolute Gasteiger partial charge is 0.548 e. The number of carbonyl (C=O) groups excluding carboxylic acids is 1. The summed E-state index contributed by atoms with van der Waals surface area (Å²) in [6.07, 6.45) is 0.180. The van der Waals surface area contributed by atoms with Gasteiger partial charge in [-0.3, -0.25) is 0 Å². The molecule has 5 nitrogen and oxygen atoms in total. The van der Waals surface area contributed by atoms with E-state index in [4.69, 9.17) is 0 Å². The van der Waals surface area contributed by atoms with Crippen molar-refractivity contribution in [1.82, 2.24) is 4.72 Å². The zero-order valence-electron chi connectivity index (χ0n) is 17.8. The van der Waals surface area contributed by atoms with Crippen molar-refractivity contribution in [1.29, 1.82) is 0 Å². The minimum Gasteiger partial charge on any atom is -0.548 e. The molecule has 1 aromatic carbocycles. The van der Waals surface area contributed by atoms with E-state index in [1.807, 2.05) is 53.7 Å². The minimum atomic E-state index is -4.01. The van der Waals surface area contributed by atoms with Gasteiger partial charge in [0, 0.05) is 0 Å². The molecule has 0 fully saturated rings. The third-order valence-corrected chi connectivity index (χ3v) is 6.24. The zero-order valence-corrected chi connectivity index (χ0v) is 18.6. The summed E-state index contributed by atoms with van der Waals surface area (Å²) in [5.41, 5.74) is 2.53. The van der Waals surface area contributed by atoms with E-state index in [2.05, 4.69) is 18.6 Å². The first kappa shape index (κ1) is 23.6. The van der Waals surface area contributed by atoms with Crippen LogP contribution < -0.4 is 9.83 Å². The molecule has 1 aromatic rings. The van der Waals surface area contributed by atoms with Crippen LogP contribution in [0.5, 0.6) is 0 Å². The molecule has 0 unspecified atom stereocenters. The summed E-state index contributed by atoms with van der Waals surface area (Å²) in [6, 6.07) is 2.62. The summed E-state index contributed by atoms with van der Waals surface area (Å²) in [5, 5.41) is 11.5. The molecule has 0 spiro atoms. The molecule has 6 heteroatoms. The maximum atomic E-state index is 13.3. The molecule has 0 heterocycles. The molecule has 0 saturated heterocycles. The number of aliphatic carboxylic acids is 1. The van der Waals surface area contributed by atoms with Crippen LogP contribution in [0, 0.1) is 5.92 Å². The van der Waals surface area contributed by atoms with E-state index >= 15 is 0 Å². The fourth-order valence-electron chi connectivity index (χ4n) is 3.11. The Morgan fingerprint density at radius 2 is 1.37 bits per heavy atom. The van der Waals surface area contributed by atoms with Crippen LogP contribution in [0.3, 0.4) is 0 Å². The van der Waals surface area contributed by atoms with Crippen molar-refractivity contribution < 1.29 is 18.3 Å². The Balaban J connectivity index is 3.63. The number of rotatable bonds is 9. The predicted octanol–water partition coefficient (Wildman–Crippen LogP) is 3.50. The molecule has 0 aromatic heterocycles. The second kappa shape index (κ2) is 9.20. The monoisotopic (exact) mass is 396 g/mol. The molecule has 27 heavy (non-hydrogen) atoms. The number of benzene rings is 1. The van der Waals surface area contributed by atoms with Crippen LogP contribution in [0.1, 0.15) is 96.3 Å². The van der Waals surface area contributed by atoms with Crippen LogP contribution in [0.15, 0.2) is 17.0 Å². The van der Waals surface area contributed by atoms with Crippen LogP contribution in [-0.2, 0) is 14.8 Å². The molecule has 0 aliphatic carbocycles. The molecule has 0 aliphatic rings. The number of carboxylic acids is 1. The Morgan fingerprint density at radius 1 is 0.926 bits per heavy atom. The van der Waals surface area contributed by atoms with Crippen molar-refractivity contribution in [3.05, 3.63) is 28.8 Å². The van der Waals surface area contributed by atoms with Gasteiger partial charge in [-0.05, 0) is 46.8 Å². The van der Waals surface area contributed by atoms with Gasteiger partial charge in [0.25, 0.3) is 0 Å². The Hall–Kier alpha value is -1.40. The number of carboxylic acid groups (broad SMARTS) is 1. The lowest BCUT2D eigenvalue weighted by atomic mass is 9.89. The lowest BCUT2D eigenvalue weighted by Crippen LogP contribution is -2.48. The van der Waals surface area contributed by atoms with Gasteiger partial charge in [-0.1, -0.05) is 67.5 Å². The fraction of sp³-hybridized carbons (Fsp3) is 0.667. The van der Waals surface area contributed by atoms with Gasteiger partial charge in [0.05, 0.1) is 16.9 Å². The first-order valence-electron chi connectivity index (χ1n) is 9.68. The average molecular weight is 397 g/mol. The highest BCUT2D eigenvalue weighted by molar-refractivity contribution is 7.89. The van der Waals surface area contributed by atoms with Crippen LogP contribution in [0.4, 0.5) is 0 Å². The third-order valence-electron chi connectivity index (χ3n) is 4.64. The van der Waals surface area contributed by atoms with Crippen molar-refractivity contribution in [2.75, 3.05) is 0 Å². The van der Waals surface area contributed by atoms with Crippen LogP contribution >= 0.6 is 0 Å². The van der Waals surface area contributed by atoms with E-state index < -0.39 is 22.0 Å². The maximum absolute atomic E-state index is 13.3. The summed E-state index contributed by atoms with van der Waals surface area (Å²) < 4.78 is 28.9. The number of sulfonamides is 1. The molecule has 0 aliphatic heterocycles. The smallest absolute Gasteiger partial charge is 0.241 e. The van der Waals surface area contributed by atoms with Crippen LogP contribution in [-0.4, -0.2) is 20.4 Å². The van der Waals surface area contributed by atoms with Gasteiger partial charge < -0.3 is 9.90 Å². The van der Waals surface area contributed by atoms with Crippen molar-refractivity contribution in [3.63, 3.8) is 0 Å². The second-order valence-electron chi connectivity index (χ2n) is 8.62. The van der Waals surface area contributed by atoms with Crippen LogP contribution in [0.2, 0.25) is 0 Å². The Bertz CT molecular complexity index is 735. The van der Waals surface area contributed by atoms with E-state index in [9.17, 15) is 18.3 Å². The normalized spacial score (nSPS) is 13.8. The minimum absolute atomic E-state index is 0.0146. The predicted molar refractivity (Wildman–Crippen MR) is 107 cm³/mol. The lowest BCUT2D eigenvalue weighted by Gasteiger charge is -2.26. The highest BCUT2D eigenvalue weighted by Gasteiger charge is 2.29. The van der Waals surface area contributed by atoms with E-state index in [-0.39, 0.29) is 35.0 Å². The van der Waals surface area contributed by atoms with Crippen molar-refractivity contribution >= 4 is 16.0 Å². The maximum Gasteiger partial charge on any atom is 0.241 e. The number of carbonyl (C=O) groups is 1. The molecule has 154 valence electrons. The summed E-state index contributed by atoms with van der Waals surface area (Å²) >= 11 is 0. The Labute approximate surface area is 164 Å². The standard InChI is InChI=1S/C21H35NO4S/c1-12(2)9-19(21(23)24)22-27(25,26)20-17(14(5)6)10-16(13(3)4)11-18(20)15(7)8/h10-15,19,22H,9H2,1-8H3,(H,23,24)/p-1/t19-/m0/s1. The van der Waals surface area contributed by atoms with E-state index in [0.29, 0.717) is 0 Å². The van der Waals surface area contributed by atoms with E-state index in [0.717, 1.165) is 16.7 Å². The number of nitrogens with one attached hydrogen (secondary N) is 1. The van der Waals surface area contributed by atoms with Gasteiger partial charge in [0.15, 0.2) is 0 Å². The second-order valence-corrected chi connectivity index (χ2v) is 10.3. The summed E-state index contributed by atoms with van der Waals surface area (Å²) in [6.45, 7) is 15.6. The molecule has 0 radical (unpaired) electrons. The SMILES string of the molecule is CC(C)C[C@H](NS(=O)(=O)c1c(C(C)C)cc(C(C)C)cc1C(C)C)C(=O)[O-]. The van der Waals surface area contributed by atoms with E-state index in [1.54, 1.807) is 0 Å². The summed E-state index contributed by atoms with van der Waals surface area (Å²) in [4.78, 5) is 11.7. The Morgan fingerprint density at radius 3 is 1.67 bits per heavy atom. The topological polar surface area (TPSA) is 86.3 Å². The lowest BCUT2D eigenvalue weighted by molar-refractivity contribution is -0.308. The molecule has 0 saturated carbocycles. The Kier molecular flexibility index (Phi) is 8.05. The quantitative estimate of drug-likeness (QED) is 0.692. The van der Waals surface area contributed by atoms with Crippen molar-refractivity contribution in [2.45, 2.75) is 90.5 Å². The summed E-state index contributed by atoms with van der Waals surface area (Å²) in [7, 11) is -4.01. The zero-order chi connectivity index (χ0) is 21.1. The van der Waals surface area contributed by atoms with Gasteiger partial charge in [0.1, 0.15) is 0 Å². The molecule has 0 bridgehead atoms. The molecular formula is C21H34NO4S-. The summed E-state index contributed by atoms with van der Waals surface area (Å²) in [5.74, 6) is -1.14. The van der Waals surface area contributed by atoms with Crippen molar-refractivity contribution in [2.24, 2.45) is 5.92 Å². The molecule has 1 N–H and O–H groups in total. The number of hydrogen-bond donors (Lipinski definition) is 1. The van der Waals surface area contributed by atoms with E-state index in [1.165, 1.54) is 0 Å². The van der Waals surface area contributed by atoms with Crippen molar-refractivity contribution in [3.8, 4) is 0 Å². The first-order chi connectivity index (χ1) is 12.3. The first-order valence-corrected chi connectivity index (χ1v) is 11.2. The molecule has 1 atom stereocenters. The fourth-order valence-corrected chi connectivity index (χ4v) is 5.00. The highest BCUT2D eigenvalue weighted by atomic mass is 32.2. The molecule has 0 amide bonds.